The standard InChI is InChI=1S/C13H24N2O/c1-3-6-13(2,14)12(16)15-11-8-9-4-5-10(11)7-9/h9-11H,3-8,14H2,1-2H3,(H,15,16). The Kier molecular flexibility index (Phi) is 3.24. The van der Waals surface area contributed by atoms with Gasteiger partial charge in [0.2, 0.25) is 5.91 Å². The molecule has 16 heavy (non-hydrogen) atoms. The lowest BCUT2D eigenvalue weighted by molar-refractivity contribution is -0.127. The number of nitrogens with one attached hydrogen (secondary N) is 1. The van der Waals surface area contributed by atoms with Crippen LogP contribution in [0.25, 0.3) is 0 Å². The van der Waals surface area contributed by atoms with Crippen LogP contribution in [0.4, 0.5) is 0 Å². The molecule has 2 aliphatic rings. The second-order valence-corrected chi connectivity index (χ2v) is 5.92. The lowest BCUT2D eigenvalue weighted by Crippen LogP contribution is -2.55. The van der Waals surface area contributed by atoms with E-state index in [-0.39, 0.29) is 5.91 Å². The number of hydrogen-bond donors (Lipinski definition) is 2. The van der Waals surface area contributed by atoms with E-state index in [1.54, 1.807) is 0 Å². The highest BCUT2D eigenvalue weighted by molar-refractivity contribution is 5.85. The van der Waals surface area contributed by atoms with Crippen LogP contribution < -0.4 is 11.1 Å². The number of amides is 1. The highest BCUT2D eigenvalue weighted by atomic mass is 16.2. The van der Waals surface area contributed by atoms with Gasteiger partial charge in [0.15, 0.2) is 0 Å². The van der Waals surface area contributed by atoms with E-state index in [1.807, 2.05) is 6.92 Å². The van der Waals surface area contributed by atoms with Crippen molar-refractivity contribution in [3.8, 4) is 0 Å². The Hall–Kier alpha value is -0.570. The van der Waals surface area contributed by atoms with Crippen molar-refractivity contribution in [2.45, 2.75) is 64.0 Å². The highest BCUT2D eigenvalue weighted by Crippen LogP contribution is 2.44. The SMILES string of the molecule is CCCC(C)(N)C(=O)NC1CC2CCC1C2. The first kappa shape index (κ1) is 11.9. The molecule has 0 aromatic heterocycles. The summed E-state index contributed by atoms with van der Waals surface area (Å²) in [4.78, 5) is 12.1. The quantitative estimate of drug-likeness (QED) is 0.765. The second-order valence-electron chi connectivity index (χ2n) is 5.92. The number of carbonyl (C=O) groups is 1. The molecule has 0 heterocycles. The fourth-order valence-corrected chi connectivity index (χ4v) is 3.39. The molecule has 2 aliphatic carbocycles. The van der Waals surface area contributed by atoms with Crippen LogP contribution in [0.5, 0.6) is 0 Å². The highest BCUT2D eigenvalue weighted by Gasteiger charge is 2.41. The predicted molar refractivity (Wildman–Crippen MR) is 64.9 cm³/mol. The van der Waals surface area contributed by atoms with Crippen molar-refractivity contribution in [1.29, 1.82) is 0 Å². The number of fused-ring (bicyclic) bond motifs is 2. The van der Waals surface area contributed by atoms with Crippen LogP contribution in [-0.2, 0) is 4.79 Å². The van der Waals surface area contributed by atoms with E-state index in [4.69, 9.17) is 5.73 Å². The molecule has 2 fully saturated rings. The third kappa shape index (κ3) is 2.24. The summed E-state index contributed by atoms with van der Waals surface area (Å²) in [6.45, 7) is 3.91. The normalized spacial score (nSPS) is 36.1. The summed E-state index contributed by atoms with van der Waals surface area (Å²) >= 11 is 0. The maximum absolute atomic E-state index is 12.1. The number of hydrogen-bond acceptors (Lipinski definition) is 2. The van der Waals surface area contributed by atoms with Crippen molar-refractivity contribution in [1.82, 2.24) is 5.32 Å². The van der Waals surface area contributed by atoms with Gasteiger partial charge in [-0.25, -0.2) is 0 Å². The van der Waals surface area contributed by atoms with Crippen molar-refractivity contribution in [2.75, 3.05) is 0 Å². The van der Waals surface area contributed by atoms with Crippen molar-refractivity contribution in [2.24, 2.45) is 17.6 Å². The van der Waals surface area contributed by atoms with Gasteiger partial charge in [0.1, 0.15) is 0 Å². The smallest absolute Gasteiger partial charge is 0.240 e. The summed E-state index contributed by atoms with van der Waals surface area (Å²) in [5, 5.41) is 3.17. The topological polar surface area (TPSA) is 55.1 Å². The van der Waals surface area contributed by atoms with Gasteiger partial charge in [-0.15, -0.1) is 0 Å². The summed E-state index contributed by atoms with van der Waals surface area (Å²) in [6.07, 6.45) is 6.88. The minimum atomic E-state index is -0.684. The average molecular weight is 224 g/mol. The third-order valence-corrected chi connectivity index (χ3v) is 4.34. The van der Waals surface area contributed by atoms with Crippen molar-refractivity contribution < 1.29 is 4.79 Å². The van der Waals surface area contributed by atoms with Crippen LogP contribution in [0.3, 0.4) is 0 Å². The van der Waals surface area contributed by atoms with Gasteiger partial charge in [0.05, 0.1) is 5.54 Å². The van der Waals surface area contributed by atoms with Gasteiger partial charge >= 0.3 is 0 Å². The zero-order valence-corrected chi connectivity index (χ0v) is 10.5. The Labute approximate surface area is 98.2 Å². The summed E-state index contributed by atoms with van der Waals surface area (Å²) in [7, 11) is 0. The molecule has 2 saturated carbocycles. The van der Waals surface area contributed by atoms with Gasteiger partial charge in [-0.2, -0.15) is 0 Å². The molecule has 3 heteroatoms. The van der Waals surface area contributed by atoms with Crippen LogP contribution in [0.15, 0.2) is 0 Å². The van der Waals surface area contributed by atoms with Gasteiger partial charge in [-0.3, -0.25) is 4.79 Å². The molecule has 0 radical (unpaired) electrons. The largest absolute Gasteiger partial charge is 0.351 e. The van der Waals surface area contributed by atoms with E-state index in [0.29, 0.717) is 6.04 Å². The molecule has 2 rings (SSSR count). The first-order chi connectivity index (χ1) is 7.53. The summed E-state index contributed by atoms with van der Waals surface area (Å²) in [6, 6.07) is 0.408. The van der Waals surface area contributed by atoms with Gasteiger partial charge in [0, 0.05) is 6.04 Å². The van der Waals surface area contributed by atoms with E-state index in [9.17, 15) is 4.79 Å². The van der Waals surface area contributed by atoms with Crippen LogP contribution in [0.2, 0.25) is 0 Å². The Balaban J connectivity index is 1.88. The zero-order chi connectivity index (χ0) is 11.8. The first-order valence-electron chi connectivity index (χ1n) is 6.62. The first-order valence-corrected chi connectivity index (χ1v) is 6.62. The number of rotatable bonds is 4. The lowest BCUT2D eigenvalue weighted by atomic mass is 9.92. The molecule has 0 spiro atoms. The number of nitrogens with two attached hydrogens (primary N) is 1. The molecule has 4 unspecified atom stereocenters. The molecule has 2 bridgehead atoms. The predicted octanol–water partition coefficient (Wildman–Crippen LogP) is 1.81. The number of carbonyl (C=O) groups excluding carboxylic acids is 1. The van der Waals surface area contributed by atoms with E-state index >= 15 is 0 Å². The molecule has 0 saturated heterocycles. The summed E-state index contributed by atoms with van der Waals surface area (Å²) in [5.41, 5.74) is 5.35. The van der Waals surface area contributed by atoms with Gasteiger partial charge in [-0.05, 0) is 44.4 Å². The Morgan fingerprint density at radius 1 is 1.44 bits per heavy atom. The maximum atomic E-state index is 12.1. The van der Waals surface area contributed by atoms with Crippen LogP contribution in [0.1, 0.15) is 52.4 Å². The van der Waals surface area contributed by atoms with Gasteiger partial charge in [0.25, 0.3) is 0 Å². The molecule has 3 nitrogen and oxygen atoms in total. The molecule has 0 aliphatic heterocycles. The fraction of sp³-hybridized carbons (Fsp3) is 0.923. The molecule has 92 valence electrons. The Bertz CT molecular complexity index is 275. The molecule has 3 N–H and O–H groups in total. The average Bonchev–Trinajstić information content (AvgIpc) is 2.78. The van der Waals surface area contributed by atoms with Crippen LogP contribution >= 0.6 is 0 Å². The maximum Gasteiger partial charge on any atom is 0.240 e. The molecule has 4 atom stereocenters. The van der Waals surface area contributed by atoms with Gasteiger partial charge in [-0.1, -0.05) is 19.8 Å². The van der Waals surface area contributed by atoms with E-state index in [1.165, 1.54) is 25.7 Å². The minimum absolute atomic E-state index is 0.0481. The van der Waals surface area contributed by atoms with Crippen molar-refractivity contribution in [3.05, 3.63) is 0 Å². The van der Waals surface area contributed by atoms with E-state index in [0.717, 1.165) is 24.7 Å². The molecular weight excluding hydrogens is 200 g/mol. The Morgan fingerprint density at radius 3 is 2.69 bits per heavy atom. The molecular formula is C13H24N2O. The summed E-state index contributed by atoms with van der Waals surface area (Å²) in [5.74, 6) is 1.64. The third-order valence-electron chi connectivity index (χ3n) is 4.34. The fourth-order valence-electron chi connectivity index (χ4n) is 3.39. The van der Waals surface area contributed by atoms with Crippen LogP contribution in [0, 0.1) is 11.8 Å². The van der Waals surface area contributed by atoms with E-state index < -0.39 is 5.54 Å². The second kappa shape index (κ2) is 4.36. The minimum Gasteiger partial charge on any atom is -0.351 e. The van der Waals surface area contributed by atoms with Crippen molar-refractivity contribution >= 4 is 5.91 Å². The van der Waals surface area contributed by atoms with Gasteiger partial charge < -0.3 is 11.1 Å². The van der Waals surface area contributed by atoms with Crippen molar-refractivity contribution in [3.63, 3.8) is 0 Å². The van der Waals surface area contributed by atoms with Crippen LogP contribution in [-0.4, -0.2) is 17.5 Å². The summed E-state index contributed by atoms with van der Waals surface area (Å²) < 4.78 is 0. The Morgan fingerprint density at radius 2 is 2.19 bits per heavy atom. The lowest BCUT2D eigenvalue weighted by Gasteiger charge is -2.29. The molecule has 1 amide bonds. The zero-order valence-electron chi connectivity index (χ0n) is 10.5. The van der Waals surface area contributed by atoms with E-state index in [2.05, 4.69) is 12.2 Å². The monoisotopic (exact) mass is 224 g/mol. The molecule has 0 aromatic rings. The molecule has 0 aromatic carbocycles.